The Labute approximate surface area is 160 Å². The molecule has 3 heterocycles. The standard InChI is InChI=1S/C19H20N4OS2/c24-19(21-18-20-17(14-26-18)15-5-2-1-3-6-15)23-10-8-22(9-11-23)13-16-7-4-12-25-16/h1-7,12,14H,8-11,13H2,(H,20,21,24). The summed E-state index contributed by atoms with van der Waals surface area (Å²) in [5.74, 6) is 0. The molecular weight excluding hydrogens is 364 g/mol. The van der Waals surface area contributed by atoms with Gasteiger partial charge in [0, 0.05) is 48.5 Å². The predicted molar refractivity (Wildman–Crippen MR) is 108 cm³/mol. The zero-order valence-electron chi connectivity index (χ0n) is 14.3. The molecule has 1 N–H and O–H groups in total. The van der Waals surface area contributed by atoms with Crippen LogP contribution in [0.2, 0.25) is 0 Å². The molecule has 3 aromatic rings. The van der Waals surface area contributed by atoms with Gasteiger partial charge in [-0.1, -0.05) is 36.4 Å². The van der Waals surface area contributed by atoms with Crippen LogP contribution >= 0.6 is 22.7 Å². The number of nitrogens with one attached hydrogen (secondary N) is 1. The molecule has 26 heavy (non-hydrogen) atoms. The van der Waals surface area contributed by atoms with Crippen molar-refractivity contribution in [1.82, 2.24) is 14.8 Å². The normalized spacial score (nSPS) is 15.2. The lowest BCUT2D eigenvalue weighted by molar-refractivity contribution is 0.143. The molecule has 5 nitrogen and oxygen atoms in total. The molecule has 2 amide bonds. The zero-order valence-corrected chi connectivity index (χ0v) is 15.9. The van der Waals surface area contributed by atoms with Crippen molar-refractivity contribution >= 4 is 33.8 Å². The molecule has 1 aliphatic heterocycles. The van der Waals surface area contributed by atoms with E-state index in [0.29, 0.717) is 5.13 Å². The van der Waals surface area contributed by atoms with Crippen molar-refractivity contribution in [2.75, 3.05) is 31.5 Å². The van der Waals surface area contributed by atoms with E-state index in [-0.39, 0.29) is 6.03 Å². The molecule has 1 fully saturated rings. The molecule has 0 saturated carbocycles. The number of thiazole rings is 1. The van der Waals surface area contributed by atoms with Gasteiger partial charge in [0.05, 0.1) is 5.69 Å². The highest BCUT2D eigenvalue weighted by Crippen LogP contribution is 2.25. The van der Waals surface area contributed by atoms with Crippen molar-refractivity contribution in [3.63, 3.8) is 0 Å². The van der Waals surface area contributed by atoms with Crippen LogP contribution in [0.15, 0.2) is 53.2 Å². The third-order valence-corrected chi connectivity index (χ3v) is 6.03. The van der Waals surface area contributed by atoms with E-state index in [1.165, 1.54) is 16.2 Å². The van der Waals surface area contributed by atoms with Crippen molar-refractivity contribution in [3.8, 4) is 11.3 Å². The monoisotopic (exact) mass is 384 g/mol. The lowest BCUT2D eigenvalue weighted by Gasteiger charge is -2.34. The number of aromatic nitrogens is 1. The van der Waals surface area contributed by atoms with Crippen molar-refractivity contribution < 1.29 is 4.79 Å². The summed E-state index contributed by atoms with van der Waals surface area (Å²) in [5, 5.41) is 7.67. The second-order valence-electron chi connectivity index (χ2n) is 6.18. The Bertz CT molecular complexity index is 840. The number of carbonyl (C=O) groups is 1. The van der Waals surface area contributed by atoms with E-state index in [2.05, 4.69) is 32.7 Å². The molecule has 1 saturated heterocycles. The Hall–Kier alpha value is -2.22. The number of rotatable bonds is 4. The molecular formula is C19H20N4OS2. The maximum atomic E-state index is 12.5. The van der Waals surface area contributed by atoms with Crippen LogP contribution in [0.3, 0.4) is 0 Å². The van der Waals surface area contributed by atoms with E-state index in [4.69, 9.17) is 0 Å². The lowest BCUT2D eigenvalue weighted by Crippen LogP contribution is -2.49. The second kappa shape index (κ2) is 7.99. The van der Waals surface area contributed by atoms with Crippen LogP contribution in [0.1, 0.15) is 4.88 Å². The maximum absolute atomic E-state index is 12.5. The summed E-state index contributed by atoms with van der Waals surface area (Å²) in [5.41, 5.74) is 1.96. The Kier molecular flexibility index (Phi) is 5.29. The number of nitrogens with zero attached hydrogens (tertiary/aromatic N) is 3. The highest BCUT2D eigenvalue weighted by Gasteiger charge is 2.22. The van der Waals surface area contributed by atoms with Crippen LogP contribution in [0.25, 0.3) is 11.3 Å². The molecule has 0 radical (unpaired) electrons. The van der Waals surface area contributed by atoms with Crippen LogP contribution in [0.4, 0.5) is 9.93 Å². The van der Waals surface area contributed by atoms with Gasteiger partial charge in [0.15, 0.2) is 5.13 Å². The highest BCUT2D eigenvalue weighted by atomic mass is 32.1. The van der Waals surface area contributed by atoms with Crippen LogP contribution in [0.5, 0.6) is 0 Å². The van der Waals surface area contributed by atoms with Crippen molar-refractivity contribution in [1.29, 1.82) is 0 Å². The van der Waals surface area contributed by atoms with Gasteiger partial charge in [-0.3, -0.25) is 10.2 Å². The van der Waals surface area contributed by atoms with Gasteiger partial charge in [-0.15, -0.1) is 22.7 Å². The van der Waals surface area contributed by atoms with Gasteiger partial charge in [-0.05, 0) is 11.4 Å². The number of urea groups is 1. The van der Waals surface area contributed by atoms with Gasteiger partial charge in [-0.25, -0.2) is 9.78 Å². The molecule has 0 spiro atoms. The molecule has 134 valence electrons. The molecule has 7 heteroatoms. The van der Waals surface area contributed by atoms with Crippen LogP contribution in [-0.2, 0) is 6.54 Å². The molecule has 4 rings (SSSR count). The summed E-state index contributed by atoms with van der Waals surface area (Å²) >= 11 is 3.25. The molecule has 2 aromatic heterocycles. The molecule has 1 aliphatic rings. The maximum Gasteiger partial charge on any atom is 0.323 e. The van der Waals surface area contributed by atoms with E-state index in [1.54, 1.807) is 11.3 Å². The van der Waals surface area contributed by atoms with Crippen LogP contribution < -0.4 is 5.32 Å². The summed E-state index contributed by atoms with van der Waals surface area (Å²) < 4.78 is 0. The quantitative estimate of drug-likeness (QED) is 0.733. The number of thiophene rings is 1. The Balaban J connectivity index is 1.30. The largest absolute Gasteiger partial charge is 0.323 e. The number of amides is 2. The van der Waals surface area contributed by atoms with Gasteiger partial charge >= 0.3 is 6.03 Å². The Morgan fingerprint density at radius 1 is 1.04 bits per heavy atom. The summed E-state index contributed by atoms with van der Waals surface area (Å²) in [6.45, 7) is 4.26. The van der Waals surface area contributed by atoms with E-state index in [0.717, 1.165) is 44.0 Å². The van der Waals surface area contributed by atoms with Gasteiger partial charge < -0.3 is 4.90 Å². The summed E-state index contributed by atoms with van der Waals surface area (Å²) in [6, 6.07) is 14.2. The van der Waals surface area contributed by atoms with Gasteiger partial charge in [0.25, 0.3) is 0 Å². The lowest BCUT2D eigenvalue weighted by atomic mass is 10.2. The summed E-state index contributed by atoms with van der Waals surface area (Å²) in [4.78, 5) is 22.7. The minimum atomic E-state index is -0.0604. The number of hydrogen-bond acceptors (Lipinski definition) is 5. The zero-order chi connectivity index (χ0) is 17.8. The first-order chi connectivity index (χ1) is 12.8. The first kappa shape index (κ1) is 17.2. The Morgan fingerprint density at radius 3 is 2.58 bits per heavy atom. The van der Waals surface area contributed by atoms with Gasteiger partial charge in [-0.2, -0.15) is 0 Å². The first-order valence-corrected chi connectivity index (χ1v) is 10.4. The highest BCUT2D eigenvalue weighted by molar-refractivity contribution is 7.14. The summed E-state index contributed by atoms with van der Waals surface area (Å²) in [7, 11) is 0. The Morgan fingerprint density at radius 2 is 1.85 bits per heavy atom. The van der Waals surface area contributed by atoms with Crippen molar-refractivity contribution in [3.05, 3.63) is 58.1 Å². The van der Waals surface area contributed by atoms with Crippen molar-refractivity contribution in [2.45, 2.75) is 6.54 Å². The van der Waals surface area contributed by atoms with Crippen LogP contribution in [-0.4, -0.2) is 47.0 Å². The number of carbonyl (C=O) groups excluding carboxylic acids is 1. The third-order valence-electron chi connectivity index (χ3n) is 4.41. The fraction of sp³-hybridized carbons (Fsp3) is 0.263. The summed E-state index contributed by atoms with van der Waals surface area (Å²) in [6.07, 6.45) is 0. The smallest absolute Gasteiger partial charge is 0.322 e. The number of hydrogen-bond donors (Lipinski definition) is 1. The van der Waals surface area contributed by atoms with E-state index < -0.39 is 0 Å². The molecule has 1 aromatic carbocycles. The fourth-order valence-corrected chi connectivity index (χ4v) is 4.43. The number of anilines is 1. The van der Waals surface area contributed by atoms with Crippen LogP contribution in [0, 0.1) is 0 Å². The van der Waals surface area contributed by atoms with Gasteiger partial charge in [0.2, 0.25) is 0 Å². The molecule has 0 atom stereocenters. The average Bonchev–Trinajstić information content (AvgIpc) is 3.35. The molecule has 0 aliphatic carbocycles. The topological polar surface area (TPSA) is 48.5 Å². The molecule has 0 unspecified atom stereocenters. The van der Waals surface area contributed by atoms with E-state index >= 15 is 0 Å². The molecule has 0 bridgehead atoms. The number of piperazine rings is 1. The second-order valence-corrected chi connectivity index (χ2v) is 8.07. The minimum absolute atomic E-state index is 0.0604. The number of benzene rings is 1. The third kappa shape index (κ3) is 4.12. The SMILES string of the molecule is O=C(Nc1nc(-c2ccccc2)cs1)N1CCN(Cc2cccs2)CC1. The van der Waals surface area contributed by atoms with Crippen molar-refractivity contribution in [2.24, 2.45) is 0 Å². The first-order valence-electron chi connectivity index (χ1n) is 8.59. The van der Waals surface area contributed by atoms with E-state index in [9.17, 15) is 4.79 Å². The van der Waals surface area contributed by atoms with Gasteiger partial charge in [0.1, 0.15) is 0 Å². The minimum Gasteiger partial charge on any atom is -0.322 e. The predicted octanol–water partition coefficient (Wildman–Crippen LogP) is 4.22. The average molecular weight is 385 g/mol. The van der Waals surface area contributed by atoms with E-state index in [1.807, 2.05) is 40.6 Å². The fourth-order valence-electron chi connectivity index (χ4n) is 2.98.